The van der Waals surface area contributed by atoms with Crippen molar-refractivity contribution >= 4 is 17.5 Å². The fourth-order valence-electron chi connectivity index (χ4n) is 2.54. The quantitative estimate of drug-likeness (QED) is 0.870. The molecule has 0 radical (unpaired) electrons. The summed E-state index contributed by atoms with van der Waals surface area (Å²) in [6.07, 6.45) is 0. The molecule has 2 aromatic rings. The molecule has 2 aromatic carbocycles. The van der Waals surface area contributed by atoms with E-state index in [1.165, 1.54) is 0 Å². The van der Waals surface area contributed by atoms with Crippen molar-refractivity contribution < 1.29 is 14.4 Å². The lowest BCUT2D eigenvalue weighted by Gasteiger charge is -2.28. The first-order chi connectivity index (χ1) is 10.6. The minimum absolute atomic E-state index is 0.299. The summed E-state index contributed by atoms with van der Waals surface area (Å²) in [5.41, 5.74) is 6.89. The van der Waals surface area contributed by atoms with Gasteiger partial charge in [0.05, 0.1) is 6.04 Å². The van der Waals surface area contributed by atoms with Crippen molar-refractivity contribution in [3.05, 3.63) is 71.3 Å². The van der Waals surface area contributed by atoms with E-state index >= 15 is 0 Å². The van der Waals surface area contributed by atoms with Gasteiger partial charge >= 0.3 is 0 Å². The fourth-order valence-corrected chi connectivity index (χ4v) is 2.54. The van der Waals surface area contributed by atoms with Gasteiger partial charge in [-0.2, -0.15) is 0 Å². The predicted molar refractivity (Wildman–Crippen MR) is 80.8 cm³/mol. The highest BCUT2D eigenvalue weighted by molar-refractivity contribution is 6.20. The summed E-state index contributed by atoms with van der Waals surface area (Å²) >= 11 is 0. The Morgan fingerprint density at radius 2 is 1.41 bits per heavy atom. The van der Waals surface area contributed by atoms with Gasteiger partial charge < -0.3 is 11.1 Å². The number of carbonyl (C=O) groups excluding carboxylic acids is 3. The molecular weight excluding hydrogens is 280 g/mol. The molecule has 22 heavy (non-hydrogen) atoms. The highest BCUT2D eigenvalue weighted by Gasteiger charge is 2.40. The van der Waals surface area contributed by atoms with Gasteiger partial charge in [-0.25, -0.2) is 0 Å². The second-order valence-corrected chi connectivity index (χ2v) is 5.12. The summed E-state index contributed by atoms with van der Waals surface area (Å²) in [6, 6.07) is 12.9. The molecule has 2 atom stereocenters. The lowest BCUT2D eigenvalue weighted by molar-refractivity contribution is 0.0781. The summed E-state index contributed by atoms with van der Waals surface area (Å²) < 4.78 is 0. The van der Waals surface area contributed by atoms with Gasteiger partial charge in [-0.05, 0) is 12.1 Å². The number of fused-ring (bicyclic) bond motifs is 1. The summed E-state index contributed by atoms with van der Waals surface area (Å²) in [7, 11) is 0. The van der Waals surface area contributed by atoms with Gasteiger partial charge in [-0.3, -0.25) is 14.4 Å². The van der Waals surface area contributed by atoms with Crippen LogP contribution in [-0.4, -0.2) is 29.6 Å². The summed E-state index contributed by atoms with van der Waals surface area (Å²) in [5, 5.41) is 2.57. The summed E-state index contributed by atoms with van der Waals surface area (Å²) in [5.74, 6) is -1.11. The van der Waals surface area contributed by atoms with Crippen LogP contribution in [-0.2, 0) is 0 Å². The molecule has 110 valence electrons. The Balaban J connectivity index is 1.90. The Bertz CT molecular complexity index is 756. The van der Waals surface area contributed by atoms with Crippen molar-refractivity contribution in [1.29, 1.82) is 0 Å². The number of Topliss-reactive ketones (excluding diaryl/α,β-unsaturated/α-hetero) is 2. The Hall–Kier alpha value is -2.79. The molecule has 3 rings (SSSR count). The van der Waals surface area contributed by atoms with Crippen LogP contribution in [0.2, 0.25) is 0 Å². The van der Waals surface area contributed by atoms with Gasteiger partial charge in [0.2, 0.25) is 0 Å². The third kappa shape index (κ3) is 2.31. The number of ketones is 2. The zero-order valence-corrected chi connectivity index (χ0v) is 11.7. The first-order valence-corrected chi connectivity index (χ1v) is 6.88. The van der Waals surface area contributed by atoms with Crippen molar-refractivity contribution in [3.63, 3.8) is 0 Å². The SMILES string of the molecule is NC1C(=O)c2ccccc2C(=O)C1NC(=O)c1ccccc1. The number of rotatable bonds is 2. The fraction of sp³-hybridized carbons (Fsp3) is 0.118. The predicted octanol–water partition coefficient (Wildman–Crippen LogP) is 1.19. The van der Waals surface area contributed by atoms with Gasteiger partial charge in [0.15, 0.2) is 11.6 Å². The smallest absolute Gasteiger partial charge is 0.251 e. The molecule has 1 amide bonds. The zero-order valence-electron chi connectivity index (χ0n) is 11.7. The van der Waals surface area contributed by atoms with Crippen LogP contribution >= 0.6 is 0 Å². The molecule has 0 spiro atoms. The maximum Gasteiger partial charge on any atom is 0.251 e. The van der Waals surface area contributed by atoms with E-state index in [4.69, 9.17) is 5.73 Å². The van der Waals surface area contributed by atoms with Crippen LogP contribution < -0.4 is 11.1 Å². The van der Waals surface area contributed by atoms with Crippen LogP contribution in [0.4, 0.5) is 0 Å². The van der Waals surface area contributed by atoms with Gasteiger partial charge in [0.25, 0.3) is 5.91 Å². The lowest BCUT2D eigenvalue weighted by Crippen LogP contribution is -2.58. The normalized spacial score (nSPS) is 20.4. The third-order valence-electron chi connectivity index (χ3n) is 3.72. The minimum atomic E-state index is -1.07. The lowest BCUT2D eigenvalue weighted by atomic mass is 9.83. The topological polar surface area (TPSA) is 89.3 Å². The van der Waals surface area contributed by atoms with E-state index < -0.39 is 18.0 Å². The van der Waals surface area contributed by atoms with E-state index in [0.29, 0.717) is 16.7 Å². The van der Waals surface area contributed by atoms with Crippen molar-refractivity contribution in [1.82, 2.24) is 5.32 Å². The average Bonchev–Trinajstić information content (AvgIpc) is 2.57. The zero-order chi connectivity index (χ0) is 15.7. The van der Waals surface area contributed by atoms with Gasteiger partial charge in [-0.15, -0.1) is 0 Å². The first-order valence-electron chi connectivity index (χ1n) is 6.88. The van der Waals surface area contributed by atoms with E-state index in [-0.39, 0.29) is 11.6 Å². The van der Waals surface area contributed by atoms with E-state index in [9.17, 15) is 14.4 Å². The molecule has 0 fully saturated rings. The molecule has 2 unspecified atom stereocenters. The molecule has 0 aliphatic heterocycles. The summed E-state index contributed by atoms with van der Waals surface area (Å²) in [4.78, 5) is 36.9. The van der Waals surface area contributed by atoms with Crippen LogP contribution in [0, 0.1) is 0 Å². The second kappa shape index (κ2) is 5.54. The molecule has 3 N–H and O–H groups in total. The molecule has 0 saturated carbocycles. The molecule has 5 nitrogen and oxygen atoms in total. The van der Waals surface area contributed by atoms with Crippen LogP contribution in [0.5, 0.6) is 0 Å². The molecule has 1 aliphatic carbocycles. The number of hydrogen-bond acceptors (Lipinski definition) is 4. The van der Waals surface area contributed by atoms with E-state index in [0.717, 1.165) is 0 Å². The number of carbonyl (C=O) groups is 3. The minimum Gasteiger partial charge on any atom is -0.340 e. The molecule has 0 heterocycles. The van der Waals surface area contributed by atoms with Crippen molar-refractivity contribution in [3.8, 4) is 0 Å². The standard InChI is InChI=1S/C17H14N2O3/c18-13-14(19-17(22)10-6-2-1-3-7-10)16(21)12-9-5-4-8-11(12)15(13)20/h1-9,13-14H,18H2,(H,19,22). The second-order valence-electron chi connectivity index (χ2n) is 5.12. The molecular formula is C17H14N2O3. The van der Waals surface area contributed by atoms with Crippen LogP contribution in [0.25, 0.3) is 0 Å². The molecule has 0 bridgehead atoms. The molecule has 0 saturated heterocycles. The maximum absolute atomic E-state index is 12.5. The van der Waals surface area contributed by atoms with Gasteiger partial charge in [0.1, 0.15) is 6.04 Å². The highest BCUT2D eigenvalue weighted by Crippen LogP contribution is 2.21. The van der Waals surface area contributed by atoms with Crippen molar-refractivity contribution in [2.75, 3.05) is 0 Å². The molecule has 1 aliphatic rings. The van der Waals surface area contributed by atoms with Gasteiger partial charge in [0, 0.05) is 16.7 Å². The van der Waals surface area contributed by atoms with Gasteiger partial charge in [-0.1, -0.05) is 42.5 Å². The summed E-state index contributed by atoms with van der Waals surface area (Å²) in [6.45, 7) is 0. The first kappa shape index (κ1) is 14.2. The Labute approximate surface area is 127 Å². The number of benzene rings is 2. The Morgan fingerprint density at radius 1 is 0.864 bits per heavy atom. The van der Waals surface area contributed by atoms with Crippen LogP contribution in [0.3, 0.4) is 0 Å². The van der Waals surface area contributed by atoms with E-state index in [2.05, 4.69) is 5.32 Å². The average molecular weight is 294 g/mol. The van der Waals surface area contributed by atoms with E-state index in [1.807, 2.05) is 0 Å². The van der Waals surface area contributed by atoms with Crippen molar-refractivity contribution in [2.45, 2.75) is 12.1 Å². The largest absolute Gasteiger partial charge is 0.340 e. The maximum atomic E-state index is 12.5. The molecule has 0 aromatic heterocycles. The number of amides is 1. The number of nitrogens with two attached hydrogens (primary N) is 1. The van der Waals surface area contributed by atoms with Crippen LogP contribution in [0.15, 0.2) is 54.6 Å². The molecule has 5 heteroatoms. The Kier molecular flexibility index (Phi) is 3.56. The Morgan fingerprint density at radius 3 is 2.05 bits per heavy atom. The van der Waals surface area contributed by atoms with Crippen molar-refractivity contribution in [2.24, 2.45) is 5.73 Å². The number of nitrogens with one attached hydrogen (secondary N) is 1. The highest BCUT2D eigenvalue weighted by atomic mass is 16.2. The van der Waals surface area contributed by atoms with Crippen LogP contribution in [0.1, 0.15) is 31.1 Å². The third-order valence-corrected chi connectivity index (χ3v) is 3.72. The van der Waals surface area contributed by atoms with E-state index in [1.54, 1.807) is 54.6 Å². The number of hydrogen-bond donors (Lipinski definition) is 2. The monoisotopic (exact) mass is 294 g/mol.